The van der Waals surface area contributed by atoms with E-state index in [1.165, 1.54) is 0 Å². The molecule has 21 heavy (non-hydrogen) atoms. The number of hydrogen-bond donors (Lipinski definition) is 1. The fourth-order valence-corrected chi connectivity index (χ4v) is 6.17. The zero-order chi connectivity index (χ0) is 15.4. The molecule has 7 nitrogen and oxygen atoms in total. The maximum atomic E-state index is 12.1. The fourth-order valence-electron chi connectivity index (χ4n) is 3.93. The predicted octanol–water partition coefficient (Wildman–Crippen LogP) is -0.272. The summed E-state index contributed by atoms with van der Waals surface area (Å²) >= 11 is 0. The van der Waals surface area contributed by atoms with Crippen LogP contribution in [0.25, 0.3) is 0 Å². The van der Waals surface area contributed by atoms with Gasteiger partial charge in [-0.05, 0) is 25.8 Å². The first-order valence-electron chi connectivity index (χ1n) is 6.81. The van der Waals surface area contributed by atoms with Gasteiger partial charge in [-0.25, -0.2) is 0 Å². The lowest BCUT2D eigenvalue weighted by atomic mass is 9.84. The third-order valence-electron chi connectivity index (χ3n) is 4.69. The molecule has 2 bridgehead atoms. The molecule has 8 heteroatoms. The highest BCUT2D eigenvalue weighted by Crippen LogP contribution is 2.60. The van der Waals surface area contributed by atoms with E-state index >= 15 is 0 Å². The van der Waals surface area contributed by atoms with Crippen molar-refractivity contribution in [3.63, 3.8) is 0 Å². The second kappa shape index (κ2) is 4.54. The third kappa shape index (κ3) is 2.17. The molecule has 5 atom stereocenters. The molecule has 2 aliphatic carbocycles. The lowest BCUT2D eigenvalue weighted by Gasteiger charge is -2.29. The summed E-state index contributed by atoms with van der Waals surface area (Å²) in [4.78, 5) is 22.8. The zero-order valence-electron chi connectivity index (χ0n) is 11.6. The summed E-state index contributed by atoms with van der Waals surface area (Å²) in [5, 5.41) is 1.53. The number of carbonyl (C=O) groups is 2. The van der Waals surface area contributed by atoms with Gasteiger partial charge in [-0.3, -0.25) is 13.8 Å². The molecule has 5 unspecified atom stereocenters. The maximum Gasteiger partial charge on any atom is 0.325 e. The number of nitrogens with one attached hydrogen (secondary N) is 1. The number of carbonyl (C=O) groups excluding carboxylic acids is 2. The van der Waals surface area contributed by atoms with Crippen molar-refractivity contribution in [1.29, 1.82) is 0 Å². The molecule has 3 rings (SSSR count). The molecule has 2 saturated carbocycles. The number of amides is 1. The lowest BCUT2D eigenvalue weighted by molar-refractivity contribution is -0.151. The van der Waals surface area contributed by atoms with Crippen molar-refractivity contribution in [3.05, 3.63) is 12.7 Å². The van der Waals surface area contributed by atoms with Crippen LogP contribution in [0.15, 0.2) is 12.7 Å². The van der Waals surface area contributed by atoms with Gasteiger partial charge < -0.3 is 10.1 Å². The Bertz CT molecular complexity index is 614. The van der Waals surface area contributed by atoms with Crippen LogP contribution in [0.4, 0.5) is 0 Å². The standard InChI is InChI=1S/C13H17NO6S/c1-3-9(15)14-6-10(16)19-11-7-4-8-12(11)21(17,18)20-13(8,2)5-7/h3,7-8,11-12H,1,4-6H2,2H3,(H,14,15). The van der Waals surface area contributed by atoms with E-state index in [2.05, 4.69) is 11.9 Å². The Labute approximate surface area is 122 Å². The minimum Gasteiger partial charge on any atom is -0.459 e. The molecule has 3 fully saturated rings. The molecule has 1 N–H and O–H groups in total. The number of rotatable bonds is 4. The SMILES string of the molecule is C=CC(=O)NCC(=O)OC1C2CC3C1S(=O)(=O)OC3(C)C2. The van der Waals surface area contributed by atoms with Gasteiger partial charge in [0.2, 0.25) is 5.91 Å². The summed E-state index contributed by atoms with van der Waals surface area (Å²) in [5.41, 5.74) is -0.645. The monoisotopic (exact) mass is 315 g/mol. The van der Waals surface area contributed by atoms with Gasteiger partial charge in [-0.15, -0.1) is 0 Å². The number of ether oxygens (including phenoxy) is 1. The fraction of sp³-hybridized carbons (Fsp3) is 0.692. The second-order valence-corrected chi connectivity index (χ2v) is 7.73. The van der Waals surface area contributed by atoms with Crippen LogP contribution in [0, 0.1) is 11.8 Å². The third-order valence-corrected chi connectivity index (χ3v) is 6.57. The second-order valence-electron chi connectivity index (χ2n) is 6.04. The van der Waals surface area contributed by atoms with Gasteiger partial charge in [-0.1, -0.05) is 6.58 Å². The molecule has 1 aliphatic heterocycles. The summed E-state index contributed by atoms with van der Waals surface area (Å²) in [7, 11) is -3.70. The molecule has 1 amide bonds. The van der Waals surface area contributed by atoms with Crippen LogP contribution < -0.4 is 5.32 Å². The summed E-state index contributed by atoms with van der Waals surface area (Å²) in [6.07, 6.45) is 1.64. The van der Waals surface area contributed by atoms with Gasteiger partial charge in [0.25, 0.3) is 10.1 Å². The first-order chi connectivity index (χ1) is 9.77. The van der Waals surface area contributed by atoms with Gasteiger partial charge in [0.15, 0.2) is 0 Å². The minimum absolute atomic E-state index is 0.00123. The number of fused-ring (bicyclic) bond motifs is 1. The predicted molar refractivity (Wildman–Crippen MR) is 71.5 cm³/mol. The Balaban J connectivity index is 1.69. The van der Waals surface area contributed by atoms with Crippen molar-refractivity contribution >= 4 is 22.0 Å². The largest absolute Gasteiger partial charge is 0.459 e. The normalized spacial score (nSPS) is 41.8. The van der Waals surface area contributed by atoms with Gasteiger partial charge in [-0.2, -0.15) is 8.42 Å². The van der Waals surface area contributed by atoms with Crippen LogP contribution in [0.1, 0.15) is 19.8 Å². The van der Waals surface area contributed by atoms with Crippen LogP contribution in [-0.2, 0) is 28.6 Å². The molecule has 0 spiro atoms. The molecule has 116 valence electrons. The molecule has 0 aromatic carbocycles. The molecule has 0 aromatic heterocycles. The highest BCUT2D eigenvalue weighted by atomic mass is 32.2. The Morgan fingerprint density at radius 3 is 2.90 bits per heavy atom. The molecule has 0 radical (unpaired) electrons. The van der Waals surface area contributed by atoms with E-state index in [4.69, 9.17) is 8.92 Å². The Morgan fingerprint density at radius 2 is 2.24 bits per heavy atom. The van der Waals surface area contributed by atoms with Crippen LogP contribution in [0.5, 0.6) is 0 Å². The average molecular weight is 315 g/mol. The number of hydrogen-bond acceptors (Lipinski definition) is 6. The van der Waals surface area contributed by atoms with Gasteiger partial charge in [0.05, 0.1) is 5.60 Å². The van der Waals surface area contributed by atoms with Crippen molar-refractivity contribution in [2.75, 3.05) is 6.54 Å². The Hall–Kier alpha value is -1.41. The zero-order valence-corrected chi connectivity index (χ0v) is 12.4. The van der Waals surface area contributed by atoms with E-state index < -0.39 is 38.9 Å². The Morgan fingerprint density at radius 1 is 1.52 bits per heavy atom. The van der Waals surface area contributed by atoms with E-state index in [0.717, 1.165) is 6.08 Å². The minimum atomic E-state index is -3.70. The van der Waals surface area contributed by atoms with Crippen molar-refractivity contribution < 1.29 is 26.9 Å². The summed E-state index contributed by atoms with van der Waals surface area (Å²) in [6.45, 7) is 4.77. The van der Waals surface area contributed by atoms with Gasteiger partial charge in [0.1, 0.15) is 17.9 Å². The van der Waals surface area contributed by atoms with Crippen LogP contribution in [0.2, 0.25) is 0 Å². The summed E-state index contributed by atoms with van der Waals surface area (Å²) in [5.74, 6) is -1.25. The van der Waals surface area contributed by atoms with Gasteiger partial charge >= 0.3 is 5.97 Å². The molecule has 1 heterocycles. The topological polar surface area (TPSA) is 98.8 Å². The van der Waals surface area contributed by atoms with E-state index in [1.807, 2.05) is 0 Å². The first-order valence-corrected chi connectivity index (χ1v) is 8.28. The van der Waals surface area contributed by atoms with Gasteiger partial charge in [0, 0.05) is 11.8 Å². The van der Waals surface area contributed by atoms with E-state index in [9.17, 15) is 18.0 Å². The van der Waals surface area contributed by atoms with Crippen molar-refractivity contribution in [3.8, 4) is 0 Å². The Kier molecular flexibility index (Phi) is 3.14. The maximum absolute atomic E-state index is 12.1. The van der Waals surface area contributed by atoms with Crippen molar-refractivity contribution in [2.45, 2.75) is 36.7 Å². The van der Waals surface area contributed by atoms with Crippen LogP contribution in [-0.4, -0.2) is 43.8 Å². The average Bonchev–Trinajstić information content (AvgIpc) is 2.93. The summed E-state index contributed by atoms with van der Waals surface area (Å²) < 4.78 is 34.7. The van der Waals surface area contributed by atoms with Crippen molar-refractivity contribution in [1.82, 2.24) is 5.32 Å². The molecule has 3 aliphatic rings. The molecular weight excluding hydrogens is 298 g/mol. The summed E-state index contributed by atoms with van der Waals surface area (Å²) in [6, 6.07) is 0. The lowest BCUT2D eigenvalue weighted by Crippen LogP contribution is -2.43. The first kappa shape index (κ1) is 14.5. The van der Waals surface area contributed by atoms with Crippen LogP contribution in [0.3, 0.4) is 0 Å². The molecule has 1 saturated heterocycles. The van der Waals surface area contributed by atoms with Crippen LogP contribution >= 0.6 is 0 Å². The van der Waals surface area contributed by atoms with E-state index in [1.54, 1.807) is 6.92 Å². The van der Waals surface area contributed by atoms with Crippen molar-refractivity contribution in [2.24, 2.45) is 11.8 Å². The quantitative estimate of drug-likeness (QED) is 0.435. The highest BCUT2D eigenvalue weighted by Gasteiger charge is 2.71. The smallest absolute Gasteiger partial charge is 0.325 e. The molecular formula is C13H17NO6S. The van der Waals surface area contributed by atoms with E-state index in [-0.39, 0.29) is 18.4 Å². The highest BCUT2D eigenvalue weighted by molar-refractivity contribution is 7.87. The molecule has 0 aromatic rings. The van der Waals surface area contributed by atoms with E-state index in [0.29, 0.717) is 12.8 Å². The number of esters is 1.